The molecule has 0 radical (unpaired) electrons. The maximum atomic E-state index is 10.6. The van der Waals surface area contributed by atoms with Gasteiger partial charge in [0, 0.05) is 6.42 Å². The monoisotopic (exact) mass is 181 g/mol. The number of allylic oxidation sites excluding steroid dienone is 1. The largest absolute Gasteiger partial charge is 0.358 e. The number of aryl methyl sites for hydroxylation is 1. The van der Waals surface area contributed by atoms with E-state index in [1.54, 1.807) is 7.05 Å². The van der Waals surface area contributed by atoms with E-state index in [4.69, 9.17) is 0 Å². The zero-order valence-electron chi connectivity index (χ0n) is 7.65. The molecule has 70 valence electrons. The van der Waals surface area contributed by atoms with Crippen LogP contribution in [0.4, 0.5) is 5.82 Å². The molecule has 0 aliphatic carbocycles. The zero-order valence-corrected chi connectivity index (χ0v) is 7.65. The molecule has 0 aromatic carbocycles. The van der Waals surface area contributed by atoms with Crippen LogP contribution in [0.5, 0.6) is 0 Å². The van der Waals surface area contributed by atoms with Gasteiger partial charge in [0.1, 0.15) is 5.69 Å². The van der Waals surface area contributed by atoms with Gasteiger partial charge in [-0.1, -0.05) is 12.2 Å². The van der Waals surface area contributed by atoms with Crippen LogP contribution in [0.2, 0.25) is 0 Å². The predicted octanol–water partition coefficient (Wildman–Crippen LogP) is 1.45. The number of hydrogen-bond acceptors (Lipinski definition) is 3. The van der Waals surface area contributed by atoms with Crippen LogP contribution in [0.1, 0.15) is 12.6 Å². The molecule has 5 nitrogen and oxygen atoms in total. The van der Waals surface area contributed by atoms with Crippen molar-refractivity contribution in [3.63, 3.8) is 0 Å². The van der Waals surface area contributed by atoms with Crippen LogP contribution >= 0.6 is 0 Å². The molecule has 0 fully saturated rings. The average Bonchev–Trinajstić information content (AvgIpc) is 2.30. The van der Waals surface area contributed by atoms with E-state index < -0.39 is 4.92 Å². The van der Waals surface area contributed by atoms with Gasteiger partial charge >= 0.3 is 5.82 Å². The lowest BCUT2D eigenvalue weighted by atomic mass is 10.2. The Kier molecular flexibility index (Phi) is 2.46. The van der Waals surface area contributed by atoms with Gasteiger partial charge in [-0.2, -0.15) is 0 Å². The Balaban J connectivity index is 3.07. The van der Waals surface area contributed by atoms with Crippen LogP contribution < -0.4 is 0 Å². The molecule has 0 bridgehead atoms. The van der Waals surface area contributed by atoms with Crippen molar-refractivity contribution < 1.29 is 4.92 Å². The van der Waals surface area contributed by atoms with Crippen molar-refractivity contribution >= 4 is 5.82 Å². The van der Waals surface area contributed by atoms with E-state index in [2.05, 4.69) is 11.6 Å². The molecule has 13 heavy (non-hydrogen) atoms. The quantitative estimate of drug-likeness (QED) is 0.402. The van der Waals surface area contributed by atoms with Crippen molar-refractivity contribution in [2.24, 2.45) is 7.05 Å². The normalized spacial score (nSPS) is 10.0. The molecule has 0 saturated heterocycles. The summed E-state index contributed by atoms with van der Waals surface area (Å²) in [6.07, 6.45) is 1.90. The molecule has 0 N–H and O–H groups in total. The summed E-state index contributed by atoms with van der Waals surface area (Å²) < 4.78 is 1.40. The minimum absolute atomic E-state index is 0.0444. The van der Waals surface area contributed by atoms with Crippen molar-refractivity contribution in [2.75, 3.05) is 0 Å². The van der Waals surface area contributed by atoms with E-state index in [1.807, 2.05) is 6.92 Å². The van der Waals surface area contributed by atoms with E-state index in [0.717, 1.165) is 5.57 Å². The number of nitrogens with zero attached hydrogens (tertiary/aromatic N) is 3. The van der Waals surface area contributed by atoms with E-state index in [0.29, 0.717) is 12.1 Å². The van der Waals surface area contributed by atoms with E-state index >= 15 is 0 Å². The Hall–Kier alpha value is -1.65. The Morgan fingerprint density at radius 1 is 1.85 bits per heavy atom. The molecular formula is C8H11N3O2. The molecule has 1 aromatic heterocycles. The van der Waals surface area contributed by atoms with Crippen LogP contribution in [0, 0.1) is 10.1 Å². The lowest BCUT2D eigenvalue weighted by Crippen LogP contribution is -1.99. The van der Waals surface area contributed by atoms with Gasteiger partial charge in [0.15, 0.2) is 6.33 Å². The zero-order chi connectivity index (χ0) is 10.0. The van der Waals surface area contributed by atoms with Crippen LogP contribution in [0.3, 0.4) is 0 Å². The summed E-state index contributed by atoms with van der Waals surface area (Å²) in [6, 6.07) is 0. The highest BCUT2D eigenvalue weighted by molar-refractivity contribution is 5.30. The molecular weight excluding hydrogens is 170 g/mol. The van der Waals surface area contributed by atoms with Gasteiger partial charge in [-0.15, -0.1) is 0 Å². The molecule has 1 rings (SSSR count). The third kappa shape index (κ3) is 1.93. The minimum atomic E-state index is -0.425. The van der Waals surface area contributed by atoms with Crippen molar-refractivity contribution in [1.29, 1.82) is 0 Å². The average molecular weight is 181 g/mol. The highest BCUT2D eigenvalue weighted by atomic mass is 16.6. The van der Waals surface area contributed by atoms with Crippen molar-refractivity contribution in [3.8, 4) is 0 Å². The fourth-order valence-electron chi connectivity index (χ4n) is 1.12. The fraction of sp³-hybridized carbons (Fsp3) is 0.375. The minimum Gasteiger partial charge on any atom is -0.358 e. The third-order valence-corrected chi connectivity index (χ3v) is 1.62. The summed E-state index contributed by atoms with van der Waals surface area (Å²) >= 11 is 0. The van der Waals surface area contributed by atoms with E-state index in [-0.39, 0.29) is 5.82 Å². The summed E-state index contributed by atoms with van der Waals surface area (Å²) in [4.78, 5) is 14.1. The molecule has 1 heterocycles. The number of nitro groups is 1. The van der Waals surface area contributed by atoms with Gasteiger partial charge in [-0.25, -0.2) is 9.55 Å². The van der Waals surface area contributed by atoms with Crippen molar-refractivity contribution in [3.05, 3.63) is 34.3 Å². The second-order valence-corrected chi connectivity index (χ2v) is 3.02. The van der Waals surface area contributed by atoms with Gasteiger partial charge in [0.25, 0.3) is 0 Å². The van der Waals surface area contributed by atoms with Crippen LogP contribution in [0.25, 0.3) is 0 Å². The van der Waals surface area contributed by atoms with E-state index in [9.17, 15) is 10.1 Å². The predicted molar refractivity (Wildman–Crippen MR) is 48.4 cm³/mol. The van der Waals surface area contributed by atoms with Crippen LogP contribution in [-0.4, -0.2) is 14.5 Å². The van der Waals surface area contributed by atoms with E-state index in [1.165, 1.54) is 10.9 Å². The second kappa shape index (κ2) is 3.38. The molecule has 0 unspecified atom stereocenters. The summed E-state index contributed by atoms with van der Waals surface area (Å²) in [7, 11) is 1.60. The second-order valence-electron chi connectivity index (χ2n) is 3.02. The molecule has 0 saturated carbocycles. The van der Waals surface area contributed by atoms with Crippen molar-refractivity contribution in [2.45, 2.75) is 13.3 Å². The first-order valence-electron chi connectivity index (χ1n) is 3.81. The molecule has 0 atom stereocenters. The molecule has 0 spiro atoms. The first-order valence-corrected chi connectivity index (χ1v) is 3.81. The van der Waals surface area contributed by atoms with Crippen LogP contribution in [-0.2, 0) is 13.5 Å². The first-order chi connectivity index (χ1) is 6.02. The fourth-order valence-corrected chi connectivity index (χ4v) is 1.12. The molecule has 5 heteroatoms. The summed E-state index contributed by atoms with van der Waals surface area (Å²) in [5, 5.41) is 10.6. The molecule has 0 amide bonds. The smallest absolute Gasteiger partial charge is 0.345 e. The third-order valence-electron chi connectivity index (χ3n) is 1.62. The topological polar surface area (TPSA) is 61.0 Å². The number of imidazole rings is 1. The van der Waals surface area contributed by atoms with Gasteiger partial charge in [0.2, 0.25) is 0 Å². The Bertz CT molecular complexity index is 354. The SMILES string of the molecule is C=C(C)Cc1ncn(C)c1[N+](=O)[O-]. The number of aromatic nitrogens is 2. The maximum absolute atomic E-state index is 10.6. The number of hydrogen-bond donors (Lipinski definition) is 0. The summed E-state index contributed by atoms with van der Waals surface area (Å²) in [5.74, 6) is 0.0444. The van der Waals surface area contributed by atoms with Crippen molar-refractivity contribution in [1.82, 2.24) is 9.55 Å². The standard InChI is InChI=1S/C8H11N3O2/c1-6(2)4-7-8(11(12)13)10(3)5-9-7/h5H,1,4H2,2-3H3. The lowest BCUT2D eigenvalue weighted by molar-refractivity contribution is -0.392. The highest BCUT2D eigenvalue weighted by Gasteiger charge is 2.18. The van der Waals surface area contributed by atoms with Gasteiger partial charge in [0.05, 0.1) is 7.05 Å². The Morgan fingerprint density at radius 3 is 2.92 bits per heavy atom. The van der Waals surface area contributed by atoms with Gasteiger partial charge in [-0.05, 0) is 11.8 Å². The molecule has 0 aliphatic heterocycles. The molecule has 1 aromatic rings. The Morgan fingerprint density at radius 2 is 2.46 bits per heavy atom. The first kappa shape index (κ1) is 9.44. The highest BCUT2D eigenvalue weighted by Crippen LogP contribution is 2.18. The lowest BCUT2D eigenvalue weighted by Gasteiger charge is -1.98. The Labute approximate surface area is 75.9 Å². The summed E-state index contributed by atoms with van der Waals surface area (Å²) in [5.41, 5.74) is 1.34. The number of rotatable bonds is 3. The van der Waals surface area contributed by atoms with Gasteiger partial charge in [-0.3, -0.25) is 0 Å². The maximum Gasteiger partial charge on any atom is 0.345 e. The van der Waals surface area contributed by atoms with Crippen LogP contribution in [0.15, 0.2) is 18.5 Å². The summed E-state index contributed by atoms with van der Waals surface area (Å²) in [6.45, 7) is 5.51. The molecule has 0 aliphatic rings. The van der Waals surface area contributed by atoms with Gasteiger partial charge < -0.3 is 10.1 Å².